The van der Waals surface area contributed by atoms with Crippen molar-refractivity contribution >= 4 is 23.4 Å². The fourth-order valence-corrected chi connectivity index (χ4v) is 3.09. The van der Waals surface area contributed by atoms with Crippen LogP contribution in [0.1, 0.15) is 16.4 Å². The minimum Gasteiger partial charge on any atom is -0.488 e. The summed E-state index contributed by atoms with van der Waals surface area (Å²) < 4.78 is 5.91. The minimum atomic E-state index is -0.183. The van der Waals surface area contributed by atoms with Crippen LogP contribution in [0.15, 0.2) is 48.5 Å². The van der Waals surface area contributed by atoms with Crippen LogP contribution in [-0.4, -0.2) is 12.2 Å². The van der Waals surface area contributed by atoms with Gasteiger partial charge in [0, 0.05) is 11.3 Å². The SMILES string of the molecule is CSC1C(=O)Nc2cccc(OCc3ccccc3)c21. The maximum absolute atomic E-state index is 11.9. The molecule has 0 aromatic heterocycles. The smallest absolute Gasteiger partial charge is 0.242 e. The second-order valence-corrected chi connectivity index (χ2v) is 5.54. The summed E-state index contributed by atoms with van der Waals surface area (Å²) in [6.07, 6.45) is 1.94. The Bertz CT molecular complexity index is 628. The largest absolute Gasteiger partial charge is 0.488 e. The first-order valence-electron chi connectivity index (χ1n) is 6.43. The molecule has 4 heteroatoms. The van der Waals surface area contributed by atoms with Gasteiger partial charge in [-0.15, -0.1) is 11.8 Å². The molecule has 1 aliphatic heterocycles. The van der Waals surface area contributed by atoms with Gasteiger partial charge in [0.05, 0.1) is 0 Å². The first-order chi connectivity index (χ1) is 9.79. The van der Waals surface area contributed by atoms with E-state index in [2.05, 4.69) is 5.32 Å². The molecule has 0 radical (unpaired) electrons. The Labute approximate surface area is 122 Å². The third-order valence-corrected chi connectivity index (χ3v) is 4.22. The summed E-state index contributed by atoms with van der Waals surface area (Å²) in [4.78, 5) is 11.9. The molecular formula is C16H15NO2S. The average molecular weight is 285 g/mol. The number of amides is 1. The van der Waals surface area contributed by atoms with Crippen LogP contribution in [0.2, 0.25) is 0 Å². The lowest BCUT2D eigenvalue weighted by Gasteiger charge is -2.13. The van der Waals surface area contributed by atoms with Crippen molar-refractivity contribution in [1.82, 2.24) is 0 Å². The molecule has 2 aromatic carbocycles. The summed E-state index contributed by atoms with van der Waals surface area (Å²) in [6, 6.07) is 15.8. The van der Waals surface area contributed by atoms with Gasteiger partial charge in [-0.3, -0.25) is 4.79 Å². The molecule has 3 nitrogen and oxygen atoms in total. The zero-order valence-corrected chi connectivity index (χ0v) is 11.9. The molecule has 1 amide bonds. The van der Waals surface area contributed by atoms with E-state index in [1.807, 2.05) is 54.8 Å². The van der Waals surface area contributed by atoms with Crippen LogP contribution in [0.3, 0.4) is 0 Å². The van der Waals surface area contributed by atoms with Gasteiger partial charge in [0.2, 0.25) is 5.91 Å². The standard InChI is InChI=1S/C16H15NO2S/c1-20-15-14-12(17-16(15)18)8-5-9-13(14)19-10-11-6-3-2-4-7-11/h2-9,15H,10H2,1H3,(H,17,18). The number of thioether (sulfide) groups is 1. The molecule has 0 aliphatic carbocycles. The number of hydrogen-bond donors (Lipinski definition) is 1. The van der Waals surface area contributed by atoms with Gasteiger partial charge in [0.15, 0.2) is 0 Å². The molecule has 1 unspecified atom stereocenters. The van der Waals surface area contributed by atoms with E-state index >= 15 is 0 Å². The lowest BCUT2D eigenvalue weighted by Crippen LogP contribution is -2.08. The third-order valence-electron chi connectivity index (χ3n) is 3.30. The number of rotatable bonds is 4. The van der Waals surface area contributed by atoms with Gasteiger partial charge in [-0.05, 0) is 24.0 Å². The van der Waals surface area contributed by atoms with E-state index < -0.39 is 0 Å². The third kappa shape index (κ3) is 2.39. The minimum absolute atomic E-state index is 0.0308. The summed E-state index contributed by atoms with van der Waals surface area (Å²) in [5.41, 5.74) is 2.93. The van der Waals surface area contributed by atoms with E-state index in [0.717, 1.165) is 22.6 Å². The number of anilines is 1. The van der Waals surface area contributed by atoms with Crippen LogP contribution in [-0.2, 0) is 11.4 Å². The number of carbonyl (C=O) groups is 1. The van der Waals surface area contributed by atoms with Crippen molar-refractivity contribution in [3.63, 3.8) is 0 Å². The molecule has 3 rings (SSSR count). The first kappa shape index (κ1) is 13.1. The summed E-state index contributed by atoms with van der Waals surface area (Å²) in [6.45, 7) is 0.507. The van der Waals surface area contributed by atoms with Crippen molar-refractivity contribution < 1.29 is 9.53 Å². The highest BCUT2D eigenvalue weighted by molar-refractivity contribution is 7.99. The molecule has 1 atom stereocenters. The summed E-state index contributed by atoms with van der Waals surface area (Å²) in [7, 11) is 0. The van der Waals surface area contributed by atoms with Gasteiger partial charge in [-0.25, -0.2) is 0 Å². The maximum atomic E-state index is 11.9. The average Bonchev–Trinajstić information content (AvgIpc) is 2.82. The molecule has 1 aliphatic rings. The van der Waals surface area contributed by atoms with Crippen LogP contribution in [0.4, 0.5) is 5.69 Å². The quantitative estimate of drug-likeness (QED) is 0.932. The molecule has 0 bridgehead atoms. The van der Waals surface area contributed by atoms with E-state index in [1.165, 1.54) is 11.8 Å². The molecule has 102 valence electrons. The van der Waals surface area contributed by atoms with Gasteiger partial charge >= 0.3 is 0 Å². The molecule has 0 fully saturated rings. The monoisotopic (exact) mass is 285 g/mol. The highest BCUT2D eigenvalue weighted by atomic mass is 32.2. The molecule has 0 spiro atoms. The van der Waals surface area contributed by atoms with Crippen LogP contribution >= 0.6 is 11.8 Å². The van der Waals surface area contributed by atoms with Crippen molar-refractivity contribution in [3.8, 4) is 5.75 Å². The molecule has 1 N–H and O–H groups in total. The number of carbonyl (C=O) groups excluding carboxylic acids is 1. The maximum Gasteiger partial charge on any atom is 0.242 e. The summed E-state index contributed by atoms with van der Waals surface area (Å²) >= 11 is 1.53. The molecule has 20 heavy (non-hydrogen) atoms. The van der Waals surface area contributed by atoms with Gasteiger partial charge in [0.1, 0.15) is 17.6 Å². The van der Waals surface area contributed by atoms with Crippen LogP contribution in [0, 0.1) is 0 Å². The Balaban J connectivity index is 1.85. The number of benzene rings is 2. The van der Waals surface area contributed by atoms with Gasteiger partial charge in [-0.1, -0.05) is 36.4 Å². The number of hydrogen-bond acceptors (Lipinski definition) is 3. The second kappa shape index (κ2) is 5.59. The Kier molecular flexibility index (Phi) is 3.65. The fraction of sp³-hybridized carbons (Fsp3) is 0.188. The summed E-state index contributed by atoms with van der Waals surface area (Å²) in [5.74, 6) is 0.812. The van der Waals surface area contributed by atoms with Crippen LogP contribution < -0.4 is 10.1 Å². The zero-order chi connectivity index (χ0) is 13.9. The number of ether oxygens (including phenoxy) is 1. The van der Waals surface area contributed by atoms with Gasteiger partial charge in [-0.2, -0.15) is 0 Å². The van der Waals surface area contributed by atoms with Crippen molar-refractivity contribution in [2.75, 3.05) is 11.6 Å². The molecule has 0 saturated heterocycles. The van der Waals surface area contributed by atoms with Crippen molar-refractivity contribution in [2.45, 2.75) is 11.9 Å². The Morgan fingerprint density at radius 3 is 2.70 bits per heavy atom. The van der Waals surface area contributed by atoms with E-state index in [1.54, 1.807) is 0 Å². The van der Waals surface area contributed by atoms with Crippen LogP contribution in [0.25, 0.3) is 0 Å². The van der Waals surface area contributed by atoms with Gasteiger partial charge in [0.25, 0.3) is 0 Å². The van der Waals surface area contributed by atoms with Crippen molar-refractivity contribution in [1.29, 1.82) is 0 Å². The van der Waals surface area contributed by atoms with Crippen molar-refractivity contribution in [2.24, 2.45) is 0 Å². The fourth-order valence-electron chi connectivity index (χ4n) is 2.34. The van der Waals surface area contributed by atoms with Crippen LogP contribution in [0.5, 0.6) is 5.75 Å². The van der Waals surface area contributed by atoms with E-state index in [-0.39, 0.29) is 11.2 Å². The molecule has 0 saturated carbocycles. The zero-order valence-electron chi connectivity index (χ0n) is 11.1. The van der Waals surface area contributed by atoms with Gasteiger partial charge < -0.3 is 10.1 Å². The Hall–Kier alpha value is -1.94. The molecule has 2 aromatic rings. The second-order valence-electron chi connectivity index (χ2n) is 4.60. The molecule has 1 heterocycles. The first-order valence-corrected chi connectivity index (χ1v) is 7.71. The number of fused-ring (bicyclic) bond motifs is 1. The Morgan fingerprint density at radius 1 is 1.15 bits per heavy atom. The summed E-state index contributed by atoms with van der Waals surface area (Å²) in [5, 5.41) is 2.71. The lowest BCUT2D eigenvalue weighted by atomic mass is 10.1. The van der Waals surface area contributed by atoms with E-state index in [4.69, 9.17) is 4.74 Å². The van der Waals surface area contributed by atoms with E-state index in [0.29, 0.717) is 6.61 Å². The lowest BCUT2D eigenvalue weighted by molar-refractivity contribution is -0.115. The normalized spacial score (nSPS) is 16.6. The Morgan fingerprint density at radius 2 is 1.95 bits per heavy atom. The highest BCUT2D eigenvalue weighted by Gasteiger charge is 2.32. The topological polar surface area (TPSA) is 38.3 Å². The molecular weight excluding hydrogens is 270 g/mol. The van der Waals surface area contributed by atoms with Crippen molar-refractivity contribution in [3.05, 3.63) is 59.7 Å². The van der Waals surface area contributed by atoms with E-state index in [9.17, 15) is 4.79 Å². The predicted molar refractivity (Wildman–Crippen MR) is 82.1 cm³/mol. The highest BCUT2D eigenvalue weighted by Crippen LogP contribution is 2.44. The predicted octanol–water partition coefficient (Wildman–Crippen LogP) is 3.62. The number of nitrogens with one attached hydrogen (secondary N) is 1.